The number of hydrogen-bond donors (Lipinski definition) is 3. The molecule has 0 aliphatic rings. The van der Waals surface area contributed by atoms with Crippen molar-refractivity contribution in [3.05, 3.63) is 64.4 Å². The number of ether oxygens (including phenoxy) is 1. The van der Waals surface area contributed by atoms with E-state index in [9.17, 15) is 9.59 Å². The van der Waals surface area contributed by atoms with E-state index in [1.54, 1.807) is 0 Å². The van der Waals surface area contributed by atoms with Crippen LogP contribution in [0.3, 0.4) is 0 Å². The van der Waals surface area contributed by atoms with Gasteiger partial charge >= 0.3 is 0 Å². The summed E-state index contributed by atoms with van der Waals surface area (Å²) in [4.78, 5) is 26.3. The molecule has 26 heavy (non-hydrogen) atoms. The fourth-order valence-corrected chi connectivity index (χ4v) is 2.69. The fraction of sp³-hybridized carbons (Fsp3) is 0.200. The second-order valence-corrected chi connectivity index (χ2v) is 5.92. The van der Waals surface area contributed by atoms with Crippen LogP contribution < -0.4 is 20.9 Å². The van der Waals surface area contributed by atoms with Gasteiger partial charge in [0.1, 0.15) is 5.75 Å². The number of hydrogen-bond acceptors (Lipinski definition) is 4. The van der Waals surface area contributed by atoms with Gasteiger partial charge in [-0.15, -0.1) is 0 Å². The summed E-state index contributed by atoms with van der Waals surface area (Å²) in [6, 6.07) is 14.9. The van der Waals surface area contributed by atoms with E-state index >= 15 is 0 Å². The van der Waals surface area contributed by atoms with Crippen molar-refractivity contribution in [1.29, 1.82) is 0 Å². The monoisotopic (exact) mass is 351 g/mol. The standard InChI is InChI=1S/C20H21N3O3/c1-3-26-18-9-4-14-10-15(20(25)23-19(14)11-18)12-21-16-5-7-17(8-6-16)22-13(2)24/h4-11,21H,3,12H2,1-2H3,(H,22,24)(H,23,25). The second kappa shape index (κ2) is 7.74. The molecule has 0 atom stereocenters. The zero-order valence-electron chi connectivity index (χ0n) is 14.8. The molecule has 0 spiro atoms. The van der Waals surface area contributed by atoms with Gasteiger partial charge in [-0.3, -0.25) is 9.59 Å². The number of benzene rings is 2. The highest BCUT2D eigenvalue weighted by atomic mass is 16.5. The molecule has 0 radical (unpaired) electrons. The van der Waals surface area contributed by atoms with E-state index < -0.39 is 0 Å². The minimum Gasteiger partial charge on any atom is -0.494 e. The number of carbonyl (C=O) groups is 1. The SMILES string of the molecule is CCOc1ccc2cc(CNc3ccc(NC(C)=O)cc3)c(=O)[nH]c2c1. The van der Waals surface area contributed by atoms with Crippen molar-refractivity contribution in [2.24, 2.45) is 0 Å². The number of H-pyrrole nitrogens is 1. The third-order valence-electron chi connectivity index (χ3n) is 3.89. The van der Waals surface area contributed by atoms with Gasteiger partial charge in [-0.1, -0.05) is 0 Å². The third-order valence-corrected chi connectivity index (χ3v) is 3.89. The number of anilines is 2. The molecule has 3 rings (SSSR count). The topological polar surface area (TPSA) is 83.2 Å². The van der Waals surface area contributed by atoms with E-state index in [1.165, 1.54) is 6.92 Å². The molecule has 6 nitrogen and oxygen atoms in total. The van der Waals surface area contributed by atoms with Crippen LogP contribution in [0.1, 0.15) is 19.4 Å². The number of nitrogens with one attached hydrogen (secondary N) is 3. The molecular formula is C20H21N3O3. The molecule has 3 aromatic rings. The van der Waals surface area contributed by atoms with Crippen molar-refractivity contribution in [2.45, 2.75) is 20.4 Å². The van der Waals surface area contributed by atoms with Crippen molar-refractivity contribution in [1.82, 2.24) is 4.98 Å². The first-order chi connectivity index (χ1) is 12.5. The molecular weight excluding hydrogens is 330 g/mol. The summed E-state index contributed by atoms with van der Waals surface area (Å²) in [5.74, 6) is 0.627. The average Bonchev–Trinajstić information content (AvgIpc) is 2.61. The van der Waals surface area contributed by atoms with Gasteiger partial charge in [0.05, 0.1) is 12.1 Å². The van der Waals surface area contributed by atoms with Crippen LogP contribution in [0.5, 0.6) is 5.75 Å². The largest absolute Gasteiger partial charge is 0.494 e. The molecule has 3 N–H and O–H groups in total. The maximum atomic E-state index is 12.3. The fourth-order valence-electron chi connectivity index (χ4n) is 2.69. The number of carbonyl (C=O) groups excluding carboxylic acids is 1. The van der Waals surface area contributed by atoms with Crippen molar-refractivity contribution < 1.29 is 9.53 Å². The van der Waals surface area contributed by atoms with Crippen molar-refractivity contribution >= 4 is 28.2 Å². The Morgan fingerprint density at radius 1 is 1.08 bits per heavy atom. The molecule has 2 aromatic carbocycles. The van der Waals surface area contributed by atoms with Gasteiger partial charge in [-0.2, -0.15) is 0 Å². The molecule has 0 aliphatic carbocycles. The Morgan fingerprint density at radius 2 is 1.81 bits per heavy atom. The van der Waals surface area contributed by atoms with Crippen LogP contribution in [0.4, 0.5) is 11.4 Å². The Balaban J connectivity index is 1.74. The molecule has 0 aliphatic heterocycles. The Labute approximate surface area is 151 Å². The summed E-state index contributed by atoms with van der Waals surface area (Å²) in [6.45, 7) is 4.37. The minimum absolute atomic E-state index is 0.110. The molecule has 0 saturated carbocycles. The quantitative estimate of drug-likeness (QED) is 0.635. The van der Waals surface area contributed by atoms with Crippen LogP contribution in [0.2, 0.25) is 0 Å². The number of fused-ring (bicyclic) bond motifs is 1. The molecule has 0 unspecified atom stereocenters. The average molecular weight is 351 g/mol. The van der Waals surface area contributed by atoms with E-state index in [0.29, 0.717) is 18.7 Å². The van der Waals surface area contributed by atoms with Crippen molar-refractivity contribution in [3.8, 4) is 5.75 Å². The number of pyridine rings is 1. The number of aromatic amines is 1. The second-order valence-electron chi connectivity index (χ2n) is 5.92. The van der Waals surface area contributed by atoms with Gasteiger partial charge < -0.3 is 20.4 Å². The zero-order chi connectivity index (χ0) is 18.5. The van der Waals surface area contributed by atoms with Gasteiger partial charge in [0, 0.05) is 36.5 Å². The molecule has 0 bridgehead atoms. The highest BCUT2D eigenvalue weighted by Crippen LogP contribution is 2.19. The summed E-state index contributed by atoms with van der Waals surface area (Å²) in [6.07, 6.45) is 0. The van der Waals surface area contributed by atoms with Crippen LogP contribution >= 0.6 is 0 Å². The van der Waals surface area contributed by atoms with Crippen LogP contribution in [0, 0.1) is 0 Å². The first-order valence-corrected chi connectivity index (χ1v) is 8.45. The van der Waals surface area contributed by atoms with Gasteiger partial charge in [-0.05, 0) is 54.8 Å². The van der Waals surface area contributed by atoms with E-state index in [-0.39, 0.29) is 11.5 Å². The van der Waals surface area contributed by atoms with E-state index in [1.807, 2.05) is 55.5 Å². The number of aromatic nitrogens is 1. The minimum atomic E-state index is -0.131. The van der Waals surface area contributed by atoms with Crippen LogP contribution in [-0.4, -0.2) is 17.5 Å². The van der Waals surface area contributed by atoms with E-state index in [0.717, 1.165) is 28.0 Å². The highest BCUT2D eigenvalue weighted by molar-refractivity contribution is 5.88. The maximum absolute atomic E-state index is 12.3. The lowest BCUT2D eigenvalue weighted by Gasteiger charge is -2.09. The van der Waals surface area contributed by atoms with Crippen LogP contribution in [0.25, 0.3) is 10.9 Å². The van der Waals surface area contributed by atoms with E-state index in [2.05, 4.69) is 15.6 Å². The summed E-state index contributed by atoms with van der Waals surface area (Å²) in [5.41, 5.74) is 2.87. The Hall–Kier alpha value is -3.28. The predicted molar refractivity (Wildman–Crippen MR) is 104 cm³/mol. The Kier molecular flexibility index (Phi) is 5.22. The first-order valence-electron chi connectivity index (χ1n) is 8.45. The van der Waals surface area contributed by atoms with Crippen LogP contribution in [-0.2, 0) is 11.3 Å². The molecule has 0 saturated heterocycles. The molecule has 134 valence electrons. The number of amides is 1. The highest BCUT2D eigenvalue weighted by Gasteiger charge is 2.05. The first kappa shape index (κ1) is 17.5. The molecule has 1 aromatic heterocycles. The summed E-state index contributed by atoms with van der Waals surface area (Å²) >= 11 is 0. The number of rotatable bonds is 6. The van der Waals surface area contributed by atoms with Crippen molar-refractivity contribution in [2.75, 3.05) is 17.2 Å². The summed E-state index contributed by atoms with van der Waals surface area (Å²) < 4.78 is 5.46. The predicted octanol–water partition coefficient (Wildman–Crippen LogP) is 3.50. The van der Waals surface area contributed by atoms with Gasteiger partial charge in [0.25, 0.3) is 5.56 Å². The Bertz CT molecular complexity index is 978. The maximum Gasteiger partial charge on any atom is 0.253 e. The van der Waals surface area contributed by atoms with Crippen molar-refractivity contribution in [3.63, 3.8) is 0 Å². The smallest absolute Gasteiger partial charge is 0.253 e. The zero-order valence-corrected chi connectivity index (χ0v) is 14.8. The molecule has 1 heterocycles. The van der Waals surface area contributed by atoms with Crippen LogP contribution in [0.15, 0.2) is 53.3 Å². The Morgan fingerprint density at radius 3 is 2.50 bits per heavy atom. The third kappa shape index (κ3) is 4.22. The lowest BCUT2D eigenvalue weighted by Crippen LogP contribution is -2.15. The molecule has 1 amide bonds. The normalized spacial score (nSPS) is 10.5. The summed E-state index contributed by atoms with van der Waals surface area (Å²) in [5, 5.41) is 6.89. The lowest BCUT2D eigenvalue weighted by molar-refractivity contribution is -0.114. The van der Waals surface area contributed by atoms with Gasteiger partial charge in [-0.25, -0.2) is 0 Å². The molecule has 6 heteroatoms. The lowest BCUT2D eigenvalue weighted by atomic mass is 10.1. The molecule has 0 fully saturated rings. The summed E-state index contributed by atoms with van der Waals surface area (Å²) in [7, 11) is 0. The van der Waals surface area contributed by atoms with E-state index in [4.69, 9.17) is 4.74 Å². The van der Waals surface area contributed by atoms with Gasteiger partial charge in [0.2, 0.25) is 5.91 Å². The van der Waals surface area contributed by atoms with Gasteiger partial charge in [0.15, 0.2) is 0 Å².